The van der Waals surface area contributed by atoms with Gasteiger partial charge in [-0.3, -0.25) is 9.79 Å². The maximum atomic E-state index is 12.3. The van der Waals surface area contributed by atoms with Crippen LogP contribution in [-0.4, -0.2) is 48.5 Å². The summed E-state index contributed by atoms with van der Waals surface area (Å²) in [4.78, 5) is 17.9. The molecule has 2 aliphatic heterocycles. The quantitative estimate of drug-likeness (QED) is 0.684. The van der Waals surface area contributed by atoms with Crippen molar-refractivity contribution in [3.63, 3.8) is 0 Å². The van der Waals surface area contributed by atoms with Crippen LogP contribution < -0.4 is 10.6 Å². The molecule has 6 nitrogen and oxygen atoms in total. The highest BCUT2D eigenvalue weighted by atomic mass is 32.2. The van der Waals surface area contributed by atoms with E-state index in [9.17, 15) is 13.2 Å². The Morgan fingerprint density at radius 1 is 1.17 bits per heavy atom. The molecule has 2 aromatic carbocycles. The molecule has 0 aliphatic carbocycles. The summed E-state index contributed by atoms with van der Waals surface area (Å²) in [7, 11) is -2.94. The molecule has 1 fully saturated rings. The summed E-state index contributed by atoms with van der Waals surface area (Å²) >= 11 is 3.13. The van der Waals surface area contributed by atoms with Gasteiger partial charge in [0, 0.05) is 21.5 Å². The van der Waals surface area contributed by atoms with Crippen LogP contribution in [0, 0.1) is 0 Å². The zero-order valence-corrected chi connectivity index (χ0v) is 18.2. The number of nitrogens with one attached hydrogen (secondary N) is 2. The summed E-state index contributed by atoms with van der Waals surface area (Å²) in [6, 6.07) is 15.3. The van der Waals surface area contributed by atoms with Crippen LogP contribution in [0.2, 0.25) is 0 Å². The summed E-state index contributed by atoms with van der Waals surface area (Å²) in [5, 5.41) is 6.95. The number of fused-ring (bicyclic) bond motifs is 1. The number of amidine groups is 1. The first kappa shape index (κ1) is 20.3. The van der Waals surface area contributed by atoms with Crippen molar-refractivity contribution in [2.75, 3.05) is 28.4 Å². The zero-order chi connectivity index (χ0) is 20.4. The Hall–Kier alpha value is -1.97. The topological polar surface area (TPSA) is 87.6 Å². The molecule has 0 saturated carbocycles. The Balaban J connectivity index is 1.32. The molecule has 2 aliphatic rings. The predicted octanol–water partition coefficient (Wildman–Crippen LogP) is 3.27. The van der Waals surface area contributed by atoms with Gasteiger partial charge < -0.3 is 10.6 Å². The molecule has 2 heterocycles. The second-order valence-electron chi connectivity index (χ2n) is 7.01. The Morgan fingerprint density at radius 3 is 2.69 bits per heavy atom. The predicted molar refractivity (Wildman–Crippen MR) is 122 cm³/mol. The molecule has 2 aromatic rings. The first-order valence-corrected chi connectivity index (χ1v) is 13.1. The lowest BCUT2D eigenvalue weighted by atomic mass is 10.1. The van der Waals surface area contributed by atoms with Crippen LogP contribution in [0.1, 0.15) is 5.56 Å². The van der Waals surface area contributed by atoms with Crippen LogP contribution in [0.5, 0.6) is 0 Å². The van der Waals surface area contributed by atoms with Gasteiger partial charge in [-0.1, -0.05) is 30.0 Å². The van der Waals surface area contributed by atoms with Crippen molar-refractivity contribution in [2.24, 2.45) is 4.99 Å². The average Bonchev–Trinajstić information content (AvgIpc) is 3.16. The fourth-order valence-electron chi connectivity index (χ4n) is 3.34. The van der Waals surface area contributed by atoms with E-state index < -0.39 is 9.84 Å². The zero-order valence-electron chi connectivity index (χ0n) is 15.8. The van der Waals surface area contributed by atoms with E-state index in [-0.39, 0.29) is 28.7 Å². The van der Waals surface area contributed by atoms with Gasteiger partial charge in [0.25, 0.3) is 0 Å². The van der Waals surface area contributed by atoms with Crippen molar-refractivity contribution < 1.29 is 13.2 Å². The molecule has 152 valence electrons. The molecule has 1 amide bonds. The molecule has 0 aromatic heterocycles. The summed E-state index contributed by atoms with van der Waals surface area (Å²) in [6.07, 6.45) is 2.29. The monoisotopic (exact) mass is 447 g/mol. The van der Waals surface area contributed by atoms with Crippen molar-refractivity contribution in [1.82, 2.24) is 0 Å². The standard InChI is InChI=1S/C20H21N3O3S3/c1-27-16-4-2-3-15(10-16)21-19(24)9-13-5-7-14(8-6-13)22-20-23-17-11-29(25,26)12-18(17)28-20/h2-8,10,17-18H,9,11-12H2,1H3,(H,21,24)(H,22,23). The molecule has 0 radical (unpaired) electrons. The third kappa shape index (κ3) is 5.15. The number of hydrogen-bond acceptors (Lipinski definition) is 7. The molecule has 2 unspecified atom stereocenters. The van der Waals surface area contributed by atoms with Crippen LogP contribution in [0.15, 0.2) is 58.4 Å². The maximum absolute atomic E-state index is 12.3. The van der Waals surface area contributed by atoms with Crippen molar-refractivity contribution in [1.29, 1.82) is 0 Å². The highest BCUT2D eigenvalue weighted by Gasteiger charge is 2.42. The lowest BCUT2D eigenvalue weighted by molar-refractivity contribution is -0.115. The number of anilines is 2. The van der Waals surface area contributed by atoms with Crippen molar-refractivity contribution >= 4 is 55.8 Å². The van der Waals surface area contributed by atoms with Crippen molar-refractivity contribution in [3.8, 4) is 0 Å². The third-order valence-corrected chi connectivity index (χ3v) is 8.61. The summed E-state index contributed by atoms with van der Waals surface area (Å²) < 4.78 is 23.3. The fraction of sp³-hybridized carbons (Fsp3) is 0.300. The number of rotatable bonds is 5. The SMILES string of the molecule is CSc1cccc(NC(=O)Cc2ccc(NC3=NC4CS(=O)(=O)CC4S3)cc2)c1. The van der Waals surface area contributed by atoms with E-state index in [1.807, 2.05) is 54.8 Å². The largest absolute Gasteiger partial charge is 0.335 e. The smallest absolute Gasteiger partial charge is 0.228 e. The molecule has 1 saturated heterocycles. The number of amides is 1. The number of hydrogen-bond donors (Lipinski definition) is 2. The van der Waals surface area contributed by atoms with Gasteiger partial charge in [-0.25, -0.2) is 8.42 Å². The van der Waals surface area contributed by atoms with Gasteiger partial charge in [0.1, 0.15) is 0 Å². The van der Waals surface area contributed by atoms with Crippen LogP contribution in [-0.2, 0) is 21.1 Å². The molecular formula is C20H21N3O3S3. The van der Waals surface area contributed by atoms with E-state index in [1.54, 1.807) is 11.8 Å². The van der Waals surface area contributed by atoms with Crippen LogP contribution in [0.3, 0.4) is 0 Å². The van der Waals surface area contributed by atoms with E-state index in [2.05, 4.69) is 15.6 Å². The third-order valence-electron chi connectivity index (χ3n) is 4.74. The average molecular weight is 448 g/mol. The first-order chi connectivity index (χ1) is 13.9. The Bertz CT molecular complexity index is 1050. The second-order valence-corrected chi connectivity index (χ2v) is 11.3. The lowest BCUT2D eigenvalue weighted by Gasteiger charge is -2.09. The van der Waals surface area contributed by atoms with Gasteiger partial charge in [0.05, 0.1) is 24.0 Å². The van der Waals surface area contributed by atoms with E-state index in [1.165, 1.54) is 11.8 Å². The van der Waals surface area contributed by atoms with Gasteiger partial charge in [-0.05, 0) is 42.2 Å². The minimum absolute atomic E-state index is 0.0232. The number of carbonyl (C=O) groups is 1. The van der Waals surface area contributed by atoms with E-state index in [0.717, 1.165) is 27.0 Å². The van der Waals surface area contributed by atoms with E-state index >= 15 is 0 Å². The van der Waals surface area contributed by atoms with Crippen molar-refractivity contribution in [2.45, 2.75) is 22.6 Å². The number of nitrogens with zero attached hydrogens (tertiary/aromatic N) is 1. The number of carbonyl (C=O) groups excluding carboxylic acids is 1. The van der Waals surface area contributed by atoms with Crippen molar-refractivity contribution in [3.05, 3.63) is 54.1 Å². The Labute approximate surface area is 178 Å². The highest BCUT2D eigenvalue weighted by Crippen LogP contribution is 2.34. The van der Waals surface area contributed by atoms with Gasteiger partial charge in [-0.15, -0.1) is 11.8 Å². The molecule has 9 heteroatoms. The highest BCUT2D eigenvalue weighted by molar-refractivity contribution is 8.15. The van der Waals surface area contributed by atoms with Gasteiger partial charge >= 0.3 is 0 Å². The first-order valence-electron chi connectivity index (χ1n) is 9.15. The second kappa shape index (κ2) is 8.41. The summed E-state index contributed by atoms with van der Waals surface area (Å²) in [6.45, 7) is 0. The minimum Gasteiger partial charge on any atom is -0.335 e. The molecule has 2 N–H and O–H groups in total. The van der Waals surface area contributed by atoms with Gasteiger partial charge in [0.2, 0.25) is 5.91 Å². The van der Waals surface area contributed by atoms with Crippen LogP contribution >= 0.6 is 23.5 Å². The summed E-state index contributed by atoms with van der Waals surface area (Å²) in [5.74, 6) is 0.281. The van der Waals surface area contributed by atoms with E-state index in [4.69, 9.17) is 0 Å². The Morgan fingerprint density at radius 2 is 1.97 bits per heavy atom. The van der Waals surface area contributed by atoms with Crippen LogP contribution in [0.4, 0.5) is 11.4 Å². The van der Waals surface area contributed by atoms with E-state index in [0.29, 0.717) is 6.42 Å². The van der Waals surface area contributed by atoms with Gasteiger partial charge in [-0.2, -0.15) is 0 Å². The Kier molecular flexibility index (Phi) is 5.89. The molecule has 29 heavy (non-hydrogen) atoms. The maximum Gasteiger partial charge on any atom is 0.228 e. The normalized spacial score (nSPS) is 22.0. The molecule has 2 atom stereocenters. The summed E-state index contributed by atoms with van der Waals surface area (Å²) in [5.41, 5.74) is 2.58. The lowest BCUT2D eigenvalue weighted by Crippen LogP contribution is -2.14. The molecule has 0 bridgehead atoms. The number of sulfone groups is 1. The molecule has 0 spiro atoms. The van der Waals surface area contributed by atoms with Gasteiger partial charge in [0.15, 0.2) is 15.0 Å². The fourth-order valence-corrected chi connectivity index (χ4v) is 7.47. The molecule has 4 rings (SSSR count). The number of benzene rings is 2. The minimum atomic E-state index is -2.94. The van der Waals surface area contributed by atoms with Crippen LogP contribution in [0.25, 0.3) is 0 Å². The number of thioether (sulfide) groups is 2. The number of aliphatic imine (C=N–C) groups is 1. The molecular weight excluding hydrogens is 426 g/mol.